The van der Waals surface area contributed by atoms with Crippen LogP contribution in [0.3, 0.4) is 0 Å². The molecule has 4 spiro atoms. The van der Waals surface area contributed by atoms with E-state index in [1.165, 1.54) is 11.1 Å². The van der Waals surface area contributed by atoms with Gasteiger partial charge in [-0.25, -0.2) is 4.79 Å². The Balaban J connectivity index is 0.889. The van der Waals surface area contributed by atoms with Crippen molar-refractivity contribution in [3.8, 4) is 11.5 Å². The van der Waals surface area contributed by atoms with Crippen molar-refractivity contribution in [2.24, 2.45) is 63.6 Å². The molecule has 0 amide bonds. The van der Waals surface area contributed by atoms with Crippen molar-refractivity contribution >= 4 is 60.0 Å². The number of hydrogen-bond acceptors (Lipinski definition) is 13. The summed E-state index contributed by atoms with van der Waals surface area (Å²) in [5.41, 5.74) is -0.601. The minimum Gasteiger partial charge on any atom is -0.508 e. The fourth-order valence-corrected chi connectivity index (χ4v) is 25.7. The highest BCUT2D eigenvalue weighted by Gasteiger charge is 2.88. The first-order valence-electron chi connectivity index (χ1n) is 29.6. The molecule has 11 fully saturated rings. The number of hydrogen-bond donors (Lipinski definition) is 7. The third kappa shape index (κ3) is 5.62. The van der Waals surface area contributed by atoms with Crippen LogP contribution in [0.4, 0.5) is 0 Å². The molecule has 5 aliphatic heterocycles. The molecule has 4 bridgehead atoms. The van der Waals surface area contributed by atoms with Crippen molar-refractivity contribution in [3.05, 3.63) is 83.6 Å². The van der Waals surface area contributed by atoms with Crippen molar-refractivity contribution in [1.82, 2.24) is 10.3 Å². The van der Waals surface area contributed by atoms with Gasteiger partial charge in [-0.1, -0.05) is 70.8 Å². The van der Waals surface area contributed by atoms with Gasteiger partial charge in [-0.05, 0) is 194 Å². The molecule has 18 rings (SSSR count). The number of aromatic nitrogens is 1. The number of esters is 1. The Bertz CT molecular complexity index is 3310. The quantitative estimate of drug-likeness (QED) is 0.0514. The largest absolute Gasteiger partial charge is 0.508 e. The molecular formula is C63H72N2O10S2. The van der Waals surface area contributed by atoms with E-state index in [4.69, 9.17) is 18.9 Å². The van der Waals surface area contributed by atoms with E-state index >= 15 is 4.79 Å². The maximum Gasteiger partial charge on any atom is 0.343 e. The zero-order chi connectivity index (χ0) is 51.8. The van der Waals surface area contributed by atoms with Crippen molar-refractivity contribution in [2.45, 2.75) is 156 Å². The lowest BCUT2D eigenvalue weighted by atomic mass is 9.38. The monoisotopic (exact) mass is 1080 g/mol. The van der Waals surface area contributed by atoms with Crippen LogP contribution in [-0.2, 0) is 31.0 Å². The molecule has 8 aliphatic carbocycles. The van der Waals surface area contributed by atoms with Crippen molar-refractivity contribution in [1.29, 1.82) is 0 Å². The van der Waals surface area contributed by atoms with Crippen LogP contribution in [0.25, 0.3) is 32.4 Å². The molecule has 5 aromatic rings. The Morgan fingerprint density at radius 1 is 0.844 bits per heavy atom. The van der Waals surface area contributed by atoms with Crippen LogP contribution in [0.15, 0.2) is 66.7 Å². The highest BCUT2D eigenvalue weighted by atomic mass is 33.1. The topological polar surface area (TPSA) is 183 Å². The first-order valence-corrected chi connectivity index (χ1v) is 32.1. The normalized spacial score (nSPS) is 46.3. The summed E-state index contributed by atoms with van der Waals surface area (Å²) in [5.74, 6) is -0.125. The Morgan fingerprint density at radius 2 is 1.66 bits per heavy atom. The van der Waals surface area contributed by atoms with Crippen LogP contribution < -0.4 is 10.1 Å². The summed E-state index contributed by atoms with van der Waals surface area (Å²) in [7, 11) is 5.88. The summed E-state index contributed by atoms with van der Waals surface area (Å²) < 4.78 is 29.0. The Morgan fingerprint density at radius 3 is 2.49 bits per heavy atom. The van der Waals surface area contributed by atoms with E-state index in [0.717, 1.165) is 110 Å². The number of rotatable bonds is 4. The second-order valence-corrected chi connectivity index (χ2v) is 29.4. The minimum absolute atomic E-state index is 0.0442. The number of benzene rings is 4. The summed E-state index contributed by atoms with van der Waals surface area (Å²) in [5, 5.41) is 74.0. The van der Waals surface area contributed by atoms with E-state index in [2.05, 4.69) is 46.7 Å². The van der Waals surface area contributed by atoms with Crippen LogP contribution in [0.5, 0.6) is 11.5 Å². The number of phenols is 1. The summed E-state index contributed by atoms with van der Waals surface area (Å²) in [6, 6.07) is 22.5. The molecule has 1 aromatic heterocycles. The van der Waals surface area contributed by atoms with Gasteiger partial charge in [0.2, 0.25) is 5.79 Å². The zero-order valence-electron chi connectivity index (χ0n) is 43.8. The Kier molecular flexibility index (Phi) is 10.3. The third-order valence-corrected chi connectivity index (χ3v) is 27.6. The number of ether oxygens (including phenoxy) is 4. The van der Waals surface area contributed by atoms with Crippen molar-refractivity contribution in [3.63, 3.8) is 0 Å². The molecular weight excluding hydrogens is 1010 g/mol. The Hall–Kier alpha value is -3.41. The smallest absolute Gasteiger partial charge is 0.343 e. The fourth-order valence-electron chi connectivity index (χ4n) is 22.9. The molecule has 406 valence electrons. The summed E-state index contributed by atoms with van der Waals surface area (Å²) in [4.78, 5) is 19.4. The van der Waals surface area contributed by atoms with Gasteiger partial charge in [-0.15, -0.1) is 0 Å². The van der Waals surface area contributed by atoms with Gasteiger partial charge in [0.15, 0.2) is 17.5 Å². The molecule has 4 saturated heterocycles. The van der Waals surface area contributed by atoms with Gasteiger partial charge in [-0.3, -0.25) is 0 Å². The van der Waals surface area contributed by atoms with Crippen LogP contribution in [0, 0.1) is 63.6 Å². The molecule has 7 saturated carbocycles. The maximum absolute atomic E-state index is 16.0. The number of aromatic amines is 1. The molecule has 77 heavy (non-hydrogen) atoms. The molecule has 0 radical (unpaired) electrons. The van der Waals surface area contributed by atoms with E-state index < -0.39 is 76.6 Å². The average molecular weight is 1080 g/mol. The number of carbonyl (C=O) groups is 1. The molecule has 13 aliphatic rings. The van der Waals surface area contributed by atoms with E-state index in [-0.39, 0.29) is 52.5 Å². The first-order chi connectivity index (χ1) is 37.5. The van der Waals surface area contributed by atoms with Crippen LogP contribution in [0.2, 0.25) is 0 Å². The average Bonchev–Trinajstić information content (AvgIpc) is 3.07. The lowest BCUT2D eigenvalue weighted by Gasteiger charge is -2.72. The minimum atomic E-state index is -2.35. The van der Waals surface area contributed by atoms with Gasteiger partial charge < -0.3 is 54.8 Å². The molecule has 4 aromatic carbocycles. The van der Waals surface area contributed by atoms with Crippen LogP contribution in [0.1, 0.15) is 113 Å². The SMILES string of the molecule is CN[C@H]1CSSC[C@H]2c3cc(O)ccc3[C@@]34[C@@H](CC[C@@]35[C@@H]3O[C@H]6[C@H](C(=O)Oc7c(CO)[nH]c8ccc9cc%10ccccc%10cc9c78)O[C@@]7(O)[C@@H]8OCC[C@@H]9CCC%10(CCCC%10)[C@@]98C[C@H]([C@H]3C[C@@H]1[C@@H]5O)[C@@]67O)C[C@@H]1CC[C@H]2[C@@H]14. The third-order valence-electron chi connectivity index (χ3n) is 25.1. The lowest BCUT2D eigenvalue weighted by molar-refractivity contribution is -0.415. The first kappa shape index (κ1) is 48.3. The highest BCUT2D eigenvalue weighted by molar-refractivity contribution is 8.76. The van der Waals surface area contributed by atoms with Crippen molar-refractivity contribution < 1.29 is 49.3 Å². The van der Waals surface area contributed by atoms with E-state index in [1.807, 2.05) is 59.0 Å². The van der Waals surface area contributed by atoms with Crippen LogP contribution >= 0.6 is 21.6 Å². The molecule has 20 atom stereocenters. The van der Waals surface area contributed by atoms with Gasteiger partial charge in [0, 0.05) is 52.2 Å². The van der Waals surface area contributed by atoms with E-state index in [0.29, 0.717) is 53.8 Å². The zero-order valence-corrected chi connectivity index (χ0v) is 45.5. The summed E-state index contributed by atoms with van der Waals surface area (Å²) >= 11 is 0. The summed E-state index contributed by atoms with van der Waals surface area (Å²) in [6.45, 7) is -0.0119. The molecule has 12 nitrogen and oxygen atoms in total. The van der Waals surface area contributed by atoms with Crippen molar-refractivity contribution in [2.75, 3.05) is 25.2 Å². The predicted octanol–water partition coefficient (Wildman–Crippen LogP) is 9.39. The van der Waals surface area contributed by atoms with Gasteiger partial charge in [0.25, 0.3) is 0 Å². The van der Waals surface area contributed by atoms with E-state index in [9.17, 15) is 25.5 Å². The highest BCUT2D eigenvalue weighted by Crippen LogP contribution is 2.83. The van der Waals surface area contributed by atoms with Crippen LogP contribution in [-0.4, -0.2) is 110 Å². The molecule has 6 heterocycles. The van der Waals surface area contributed by atoms with E-state index in [1.54, 1.807) is 0 Å². The number of nitrogens with one attached hydrogen (secondary N) is 2. The van der Waals surface area contributed by atoms with Gasteiger partial charge in [0.05, 0.1) is 35.4 Å². The second-order valence-electron chi connectivity index (χ2n) is 26.8. The standard InChI is InChI=1S/C63H72N2O10S2/c1-64-48-30-77-76-29-43-38-11-8-34-23-36-15-20-59(61(36,50(34)38)44-12-10-37(67)25-40(43)44)53(68)42(48)26-41-45-27-60-35(14-19-58(60)17-4-5-18-58)16-21-72-57(60)63(71)62(45,70)55(74-54(41)59)52(75-63)56(69)73-51-47(28-66)65-46-13-9-33-22-31-6-2-3-7-32(31)24-39(33)49(46)51/h2-3,6-7,9-10,12-13,22,24-25,34-36,38,41-43,45,48,50,52-55,57,64-68,70-71H,4-5,8,11,14-21,23,26-30H2,1H3/t34-,35-,36-,38+,41+,42-,43+,45+,48-,50+,52+,53-,54+,55-,57+,59+,60-,61+,62+,63-/m0/s1. The van der Waals surface area contributed by atoms with Gasteiger partial charge in [-0.2, -0.15) is 0 Å². The number of phenolic OH excluding ortho intramolecular Hbond substituents is 1. The molecule has 7 N–H and O–H groups in total. The number of aliphatic hydroxyl groups is 4. The molecule has 14 heteroatoms. The maximum atomic E-state index is 16.0. The number of carbonyl (C=O) groups excluding carboxylic acids is 1. The number of aliphatic hydroxyl groups excluding tert-OH is 2. The molecule has 0 unspecified atom stereocenters. The summed E-state index contributed by atoms with van der Waals surface area (Å²) in [6.07, 6.45) is 8.08. The number of H-pyrrole nitrogens is 1. The van der Waals surface area contributed by atoms with Gasteiger partial charge >= 0.3 is 5.97 Å². The second kappa shape index (κ2) is 16.4. The number of aromatic hydroxyl groups is 1. The predicted molar refractivity (Wildman–Crippen MR) is 294 cm³/mol. The Labute approximate surface area is 456 Å². The fraction of sp³-hybridized carbons (Fsp3) is 0.635. The lowest BCUT2D eigenvalue weighted by Crippen LogP contribution is -2.82. The number of fused-ring (bicyclic) bond motifs is 11. The van der Waals surface area contributed by atoms with Gasteiger partial charge in [0.1, 0.15) is 18.0 Å².